The van der Waals surface area contributed by atoms with Gasteiger partial charge in [-0.2, -0.15) is 5.26 Å². The number of ether oxygens (including phenoxy) is 1. The molecule has 0 aromatic heterocycles. The second-order valence-corrected chi connectivity index (χ2v) is 6.01. The van der Waals surface area contributed by atoms with Crippen LogP contribution in [-0.2, 0) is 5.41 Å². The molecule has 1 aliphatic rings. The van der Waals surface area contributed by atoms with Gasteiger partial charge >= 0.3 is 0 Å². The standard InChI is InChI=1S/C18H25NO/c1-3-4-5-15-10-12-18(14-19,13-11-15)16-6-8-17(20-2)9-7-16/h6-9,15H,3-5,10-13H2,1-2H3/t15-,18+. The molecule has 0 bridgehead atoms. The number of unbranched alkanes of at least 4 members (excludes halogenated alkanes) is 1. The maximum atomic E-state index is 9.70. The molecular formula is C18H25NO. The van der Waals surface area contributed by atoms with Crippen molar-refractivity contribution in [3.8, 4) is 11.8 Å². The molecule has 2 heteroatoms. The molecule has 1 saturated carbocycles. The van der Waals surface area contributed by atoms with E-state index in [0.717, 1.165) is 30.1 Å². The van der Waals surface area contributed by atoms with Crippen LogP contribution in [0.2, 0.25) is 0 Å². The first-order valence-electron chi connectivity index (χ1n) is 7.80. The number of benzene rings is 1. The molecule has 0 unspecified atom stereocenters. The summed E-state index contributed by atoms with van der Waals surface area (Å²) in [6.07, 6.45) is 8.33. The Balaban J connectivity index is 2.06. The van der Waals surface area contributed by atoms with Crippen LogP contribution in [0.15, 0.2) is 24.3 Å². The van der Waals surface area contributed by atoms with Crippen molar-refractivity contribution in [3.05, 3.63) is 29.8 Å². The Morgan fingerprint density at radius 1 is 1.25 bits per heavy atom. The van der Waals surface area contributed by atoms with Gasteiger partial charge in [0.25, 0.3) is 0 Å². The van der Waals surface area contributed by atoms with Gasteiger partial charge in [0, 0.05) is 0 Å². The van der Waals surface area contributed by atoms with Gasteiger partial charge in [0.05, 0.1) is 18.6 Å². The normalized spacial score (nSPS) is 25.9. The summed E-state index contributed by atoms with van der Waals surface area (Å²) >= 11 is 0. The lowest BCUT2D eigenvalue weighted by Crippen LogP contribution is -2.30. The fourth-order valence-corrected chi connectivity index (χ4v) is 3.33. The molecule has 0 amide bonds. The second-order valence-electron chi connectivity index (χ2n) is 6.01. The van der Waals surface area contributed by atoms with E-state index in [1.165, 1.54) is 32.1 Å². The monoisotopic (exact) mass is 271 g/mol. The Morgan fingerprint density at radius 3 is 2.40 bits per heavy atom. The number of methoxy groups -OCH3 is 1. The highest BCUT2D eigenvalue weighted by atomic mass is 16.5. The molecule has 2 rings (SSSR count). The third-order valence-electron chi connectivity index (χ3n) is 4.78. The van der Waals surface area contributed by atoms with Crippen LogP contribution in [0.25, 0.3) is 0 Å². The number of nitriles is 1. The van der Waals surface area contributed by atoms with Crippen LogP contribution in [0, 0.1) is 17.2 Å². The average molecular weight is 271 g/mol. The Hall–Kier alpha value is -1.49. The Bertz CT molecular complexity index is 449. The fourth-order valence-electron chi connectivity index (χ4n) is 3.33. The van der Waals surface area contributed by atoms with Gasteiger partial charge in [-0.25, -0.2) is 0 Å². The van der Waals surface area contributed by atoms with Crippen molar-refractivity contribution in [2.45, 2.75) is 57.3 Å². The van der Waals surface area contributed by atoms with E-state index in [2.05, 4.69) is 25.1 Å². The lowest BCUT2D eigenvalue weighted by Gasteiger charge is -2.35. The molecule has 108 valence electrons. The quantitative estimate of drug-likeness (QED) is 0.768. The Labute approximate surface area is 122 Å². The third-order valence-corrected chi connectivity index (χ3v) is 4.78. The average Bonchev–Trinajstić information content (AvgIpc) is 2.53. The minimum Gasteiger partial charge on any atom is -0.497 e. The molecule has 20 heavy (non-hydrogen) atoms. The maximum Gasteiger partial charge on any atom is 0.118 e. The summed E-state index contributed by atoms with van der Waals surface area (Å²) in [7, 11) is 1.67. The van der Waals surface area contributed by atoms with Gasteiger partial charge in [0.2, 0.25) is 0 Å². The molecule has 0 N–H and O–H groups in total. The van der Waals surface area contributed by atoms with E-state index in [1.54, 1.807) is 7.11 Å². The predicted octanol–water partition coefficient (Wildman–Crippen LogP) is 4.84. The zero-order chi connectivity index (χ0) is 14.4. The van der Waals surface area contributed by atoms with Crippen LogP contribution in [0.4, 0.5) is 0 Å². The summed E-state index contributed by atoms with van der Waals surface area (Å²) in [5.41, 5.74) is 0.893. The molecule has 2 nitrogen and oxygen atoms in total. The Morgan fingerprint density at radius 2 is 1.90 bits per heavy atom. The predicted molar refractivity (Wildman–Crippen MR) is 81.8 cm³/mol. The summed E-state index contributed by atoms with van der Waals surface area (Å²) in [6, 6.07) is 10.7. The van der Waals surface area contributed by atoms with Crippen molar-refractivity contribution >= 4 is 0 Å². The van der Waals surface area contributed by atoms with Crippen molar-refractivity contribution in [1.29, 1.82) is 5.26 Å². The van der Waals surface area contributed by atoms with Gasteiger partial charge in [-0.1, -0.05) is 38.3 Å². The smallest absolute Gasteiger partial charge is 0.118 e. The molecule has 0 spiro atoms. The SMILES string of the molecule is CCCC[C@H]1CC[C@@](C#N)(c2ccc(OC)cc2)CC1. The molecular weight excluding hydrogens is 246 g/mol. The minimum atomic E-state index is -0.269. The summed E-state index contributed by atoms with van der Waals surface area (Å²) in [6.45, 7) is 2.25. The van der Waals surface area contributed by atoms with Gasteiger partial charge in [0.1, 0.15) is 5.75 Å². The summed E-state index contributed by atoms with van der Waals surface area (Å²) in [4.78, 5) is 0. The van der Waals surface area contributed by atoms with E-state index in [1.807, 2.05) is 12.1 Å². The van der Waals surface area contributed by atoms with Crippen molar-refractivity contribution in [3.63, 3.8) is 0 Å². The summed E-state index contributed by atoms with van der Waals surface area (Å²) in [5.74, 6) is 1.69. The molecule has 0 heterocycles. The third kappa shape index (κ3) is 3.15. The molecule has 0 radical (unpaired) electrons. The lowest BCUT2D eigenvalue weighted by molar-refractivity contribution is 0.262. The van der Waals surface area contributed by atoms with Crippen molar-refractivity contribution < 1.29 is 4.74 Å². The lowest BCUT2D eigenvalue weighted by atomic mass is 9.67. The Kier molecular flexibility index (Phi) is 5.06. The van der Waals surface area contributed by atoms with Crippen molar-refractivity contribution in [2.75, 3.05) is 7.11 Å². The summed E-state index contributed by atoms with van der Waals surface area (Å²) in [5, 5.41) is 9.70. The highest BCUT2D eigenvalue weighted by Gasteiger charge is 2.36. The van der Waals surface area contributed by atoms with Gasteiger partial charge in [-0.05, 0) is 49.3 Å². The minimum absolute atomic E-state index is 0.269. The van der Waals surface area contributed by atoms with Crippen LogP contribution >= 0.6 is 0 Å². The van der Waals surface area contributed by atoms with Crippen LogP contribution < -0.4 is 4.74 Å². The van der Waals surface area contributed by atoms with Crippen LogP contribution in [0.5, 0.6) is 5.75 Å². The van der Waals surface area contributed by atoms with Crippen LogP contribution in [0.1, 0.15) is 57.4 Å². The topological polar surface area (TPSA) is 33.0 Å². The van der Waals surface area contributed by atoms with E-state index < -0.39 is 0 Å². The van der Waals surface area contributed by atoms with Crippen molar-refractivity contribution in [1.82, 2.24) is 0 Å². The van der Waals surface area contributed by atoms with Crippen molar-refractivity contribution in [2.24, 2.45) is 5.92 Å². The molecule has 1 aromatic carbocycles. The van der Waals surface area contributed by atoms with E-state index in [4.69, 9.17) is 4.74 Å². The van der Waals surface area contributed by atoms with Gasteiger partial charge in [0.15, 0.2) is 0 Å². The molecule has 1 aromatic rings. The molecule has 0 aliphatic heterocycles. The van der Waals surface area contributed by atoms with Gasteiger partial charge in [-0.15, -0.1) is 0 Å². The molecule has 1 aliphatic carbocycles. The number of rotatable bonds is 5. The first-order chi connectivity index (χ1) is 9.74. The van der Waals surface area contributed by atoms with Gasteiger partial charge < -0.3 is 4.74 Å². The fraction of sp³-hybridized carbons (Fsp3) is 0.611. The van der Waals surface area contributed by atoms with Crippen LogP contribution in [-0.4, -0.2) is 7.11 Å². The molecule has 1 fully saturated rings. The highest BCUT2D eigenvalue weighted by Crippen LogP contribution is 2.42. The zero-order valence-electron chi connectivity index (χ0n) is 12.7. The number of hydrogen-bond acceptors (Lipinski definition) is 2. The van der Waals surface area contributed by atoms with E-state index in [9.17, 15) is 5.26 Å². The van der Waals surface area contributed by atoms with E-state index in [-0.39, 0.29) is 5.41 Å². The largest absolute Gasteiger partial charge is 0.497 e. The van der Waals surface area contributed by atoms with Gasteiger partial charge in [-0.3, -0.25) is 0 Å². The van der Waals surface area contributed by atoms with E-state index >= 15 is 0 Å². The first kappa shape index (κ1) is 14.9. The molecule has 0 atom stereocenters. The van der Waals surface area contributed by atoms with E-state index in [0.29, 0.717) is 0 Å². The number of nitrogens with zero attached hydrogens (tertiary/aromatic N) is 1. The summed E-state index contributed by atoms with van der Waals surface area (Å²) < 4.78 is 5.20. The second kappa shape index (κ2) is 6.79. The molecule has 0 saturated heterocycles. The first-order valence-corrected chi connectivity index (χ1v) is 7.80. The highest BCUT2D eigenvalue weighted by molar-refractivity contribution is 5.37. The number of hydrogen-bond donors (Lipinski definition) is 0. The van der Waals surface area contributed by atoms with Crippen LogP contribution in [0.3, 0.4) is 0 Å². The zero-order valence-corrected chi connectivity index (χ0v) is 12.7. The maximum absolute atomic E-state index is 9.70.